The number of ether oxygens (including phenoxy) is 1. The molecule has 1 amide bonds. The third-order valence-corrected chi connectivity index (χ3v) is 4.66. The van der Waals surface area contributed by atoms with Crippen molar-refractivity contribution in [1.29, 1.82) is 0 Å². The number of amidine groups is 1. The second kappa shape index (κ2) is 7.30. The summed E-state index contributed by atoms with van der Waals surface area (Å²) in [4.78, 5) is 17.0. The van der Waals surface area contributed by atoms with E-state index in [9.17, 15) is 4.79 Å². The van der Waals surface area contributed by atoms with Gasteiger partial charge in [-0.15, -0.1) is 0 Å². The van der Waals surface area contributed by atoms with Crippen LogP contribution in [0.2, 0.25) is 10.0 Å². The van der Waals surface area contributed by atoms with Gasteiger partial charge in [0, 0.05) is 10.6 Å². The van der Waals surface area contributed by atoms with Gasteiger partial charge in [-0.3, -0.25) is 4.79 Å². The zero-order chi connectivity index (χ0) is 17.1. The summed E-state index contributed by atoms with van der Waals surface area (Å²) in [6.07, 6.45) is 1.77. The molecule has 1 N–H and O–H groups in total. The molecule has 4 nitrogen and oxygen atoms in total. The second-order valence-corrected chi connectivity index (χ2v) is 6.69. The number of carbonyl (C=O) groups is 1. The Morgan fingerprint density at radius 1 is 1.21 bits per heavy atom. The molecule has 1 saturated heterocycles. The highest BCUT2D eigenvalue weighted by atomic mass is 35.5. The van der Waals surface area contributed by atoms with Crippen LogP contribution in [0.1, 0.15) is 5.56 Å². The van der Waals surface area contributed by atoms with Gasteiger partial charge in [0.2, 0.25) is 0 Å². The molecule has 0 unspecified atom stereocenters. The molecule has 1 aliphatic rings. The highest BCUT2D eigenvalue weighted by molar-refractivity contribution is 8.18. The zero-order valence-corrected chi connectivity index (χ0v) is 14.9. The summed E-state index contributed by atoms with van der Waals surface area (Å²) >= 11 is 13.2. The van der Waals surface area contributed by atoms with E-state index in [0.29, 0.717) is 31.6 Å². The van der Waals surface area contributed by atoms with E-state index in [1.165, 1.54) is 11.8 Å². The van der Waals surface area contributed by atoms with Crippen LogP contribution in [0.15, 0.2) is 52.4 Å². The number of methoxy groups -OCH3 is 1. The standard InChI is InChI=1S/C17H12Cl2N2O2S/c1-23-14-5-3-2-4-10(14)8-15-16(22)21-17(24-15)20-13-7-6-11(18)9-12(13)19/h2-9H,1H3,(H,20,21,22)/b15-8-. The summed E-state index contributed by atoms with van der Waals surface area (Å²) in [6, 6.07) is 12.5. The predicted octanol–water partition coefficient (Wildman–Crippen LogP) is 4.89. The van der Waals surface area contributed by atoms with Gasteiger partial charge in [-0.1, -0.05) is 41.4 Å². The first kappa shape index (κ1) is 16.9. The molecule has 0 radical (unpaired) electrons. The average Bonchev–Trinajstić information content (AvgIpc) is 2.90. The lowest BCUT2D eigenvalue weighted by Crippen LogP contribution is -2.19. The number of thioether (sulfide) groups is 1. The van der Waals surface area contributed by atoms with Crippen molar-refractivity contribution in [2.45, 2.75) is 0 Å². The summed E-state index contributed by atoms with van der Waals surface area (Å²) in [5.74, 6) is 0.485. The van der Waals surface area contributed by atoms with Crippen LogP contribution >= 0.6 is 35.0 Å². The first-order valence-electron chi connectivity index (χ1n) is 6.94. The molecule has 1 fully saturated rings. The normalized spacial score (nSPS) is 17.4. The summed E-state index contributed by atoms with van der Waals surface area (Å²) < 4.78 is 5.29. The van der Waals surface area contributed by atoms with Gasteiger partial charge in [0.05, 0.1) is 22.7 Å². The summed E-state index contributed by atoms with van der Waals surface area (Å²) in [5, 5.41) is 4.14. The number of aliphatic imine (C=N–C) groups is 1. The van der Waals surface area contributed by atoms with Gasteiger partial charge in [-0.2, -0.15) is 0 Å². The monoisotopic (exact) mass is 378 g/mol. The molecule has 1 aliphatic heterocycles. The number of benzene rings is 2. The molecular weight excluding hydrogens is 367 g/mol. The quantitative estimate of drug-likeness (QED) is 0.773. The van der Waals surface area contributed by atoms with E-state index < -0.39 is 0 Å². The third-order valence-electron chi connectivity index (χ3n) is 3.21. The Morgan fingerprint density at radius 2 is 2.00 bits per heavy atom. The maximum atomic E-state index is 12.1. The minimum atomic E-state index is -0.213. The number of carbonyl (C=O) groups excluding carboxylic acids is 1. The fraction of sp³-hybridized carbons (Fsp3) is 0.0588. The number of para-hydroxylation sites is 1. The van der Waals surface area contributed by atoms with Crippen LogP contribution in [-0.2, 0) is 4.79 Å². The molecule has 0 atom stereocenters. The maximum absolute atomic E-state index is 12.1. The summed E-state index contributed by atoms with van der Waals surface area (Å²) in [6.45, 7) is 0. The molecule has 122 valence electrons. The van der Waals surface area contributed by atoms with Gasteiger partial charge < -0.3 is 10.1 Å². The van der Waals surface area contributed by atoms with Gasteiger partial charge >= 0.3 is 0 Å². The molecule has 0 bridgehead atoms. The molecule has 1 heterocycles. The van der Waals surface area contributed by atoms with E-state index in [1.54, 1.807) is 31.4 Å². The van der Waals surface area contributed by atoms with Gasteiger partial charge in [-0.25, -0.2) is 4.99 Å². The Bertz CT molecular complexity index is 865. The van der Waals surface area contributed by atoms with Crippen molar-refractivity contribution in [2.24, 2.45) is 4.99 Å². The molecule has 0 aromatic heterocycles. The zero-order valence-electron chi connectivity index (χ0n) is 12.5. The number of amides is 1. The molecule has 24 heavy (non-hydrogen) atoms. The Morgan fingerprint density at radius 3 is 2.75 bits per heavy atom. The minimum absolute atomic E-state index is 0.213. The lowest BCUT2D eigenvalue weighted by molar-refractivity contribution is -0.115. The van der Waals surface area contributed by atoms with Crippen LogP contribution in [0.25, 0.3) is 6.08 Å². The summed E-state index contributed by atoms with van der Waals surface area (Å²) in [7, 11) is 1.59. The fourth-order valence-electron chi connectivity index (χ4n) is 2.09. The van der Waals surface area contributed by atoms with Crippen LogP contribution < -0.4 is 10.1 Å². The van der Waals surface area contributed by atoms with Crippen molar-refractivity contribution in [3.8, 4) is 5.75 Å². The summed E-state index contributed by atoms with van der Waals surface area (Å²) in [5.41, 5.74) is 1.37. The smallest absolute Gasteiger partial charge is 0.264 e. The molecular formula is C17H12Cl2N2O2S. The van der Waals surface area contributed by atoms with Crippen LogP contribution in [0.4, 0.5) is 5.69 Å². The van der Waals surface area contributed by atoms with E-state index in [2.05, 4.69) is 10.3 Å². The SMILES string of the molecule is COc1ccccc1/C=C1\SC(=Nc2ccc(Cl)cc2Cl)NC1=O. The lowest BCUT2D eigenvalue weighted by atomic mass is 10.2. The molecule has 0 aliphatic carbocycles. The Labute approximate surface area is 153 Å². The van der Waals surface area contributed by atoms with Gasteiger partial charge in [0.25, 0.3) is 5.91 Å². The number of hydrogen-bond acceptors (Lipinski definition) is 4. The molecule has 7 heteroatoms. The van der Waals surface area contributed by atoms with E-state index in [0.717, 1.165) is 5.56 Å². The number of halogens is 2. The Balaban J connectivity index is 1.88. The van der Waals surface area contributed by atoms with E-state index in [1.807, 2.05) is 24.3 Å². The van der Waals surface area contributed by atoms with Crippen molar-refractivity contribution in [3.05, 3.63) is 63.0 Å². The highest BCUT2D eigenvalue weighted by Crippen LogP contribution is 2.33. The first-order valence-corrected chi connectivity index (χ1v) is 8.52. The molecule has 2 aromatic carbocycles. The first-order chi connectivity index (χ1) is 11.6. The predicted molar refractivity (Wildman–Crippen MR) is 100 cm³/mol. The topological polar surface area (TPSA) is 50.7 Å². The van der Waals surface area contributed by atoms with Crippen molar-refractivity contribution < 1.29 is 9.53 Å². The van der Waals surface area contributed by atoms with E-state index >= 15 is 0 Å². The van der Waals surface area contributed by atoms with E-state index in [-0.39, 0.29) is 5.91 Å². The lowest BCUT2D eigenvalue weighted by Gasteiger charge is -2.03. The van der Waals surface area contributed by atoms with Gasteiger partial charge in [0.15, 0.2) is 5.17 Å². The van der Waals surface area contributed by atoms with Gasteiger partial charge in [-0.05, 0) is 42.1 Å². The van der Waals surface area contributed by atoms with Crippen molar-refractivity contribution in [3.63, 3.8) is 0 Å². The van der Waals surface area contributed by atoms with Crippen molar-refractivity contribution >= 4 is 57.8 Å². The van der Waals surface area contributed by atoms with Crippen LogP contribution in [0, 0.1) is 0 Å². The number of rotatable bonds is 3. The second-order valence-electron chi connectivity index (χ2n) is 4.82. The number of nitrogens with zero attached hydrogens (tertiary/aromatic N) is 1. The third kappa shape index (κ3) is 3.75. The van der Waals surface area contributed by atoms with Crippen molar-refractivity contribution in [1.82, 2.24) is 5.32 Å². The molecule has 0 spiro atoms. The minimum Gasteiger partial charge on any atom is -0.496 e. The number of nitrogens with one attached hydrogen (secondary N) is 1. The van der Waals surface area contributed by atoms with Crippen LogP contribution in [-0.4, -0.2) is 18.2 Å². The number of hydrogen-bond donors (Lipinski definition) is 1. The Kier molecular flexibility index (Phi) is 5.14. The van der Waals surface area contributed by atoms with Crippen LogP contribution in [0.3, 0.4) is 0 Å². The van der Waals surface area contributed by atoms with Gasteiger partial charge in [0.1, 0.15) is 5.75 Å². The largest absolute Gasteiger partial charge is 0.496 e. The van der Waals surface area contributed by atoms with Crippen LogP contribution in [0.5, 0.6) is 5.75 Å². The molecule has 2 aromatic rings. The fourth-order valence-corrected chi connectivity index (χ4v) is 3.37. The Hall–Kier alpha value is -1.95. The average molecular weight is 379 g/mol. The maximum Gasteiger partial charge on any atom is 0.264 e. The molecule has 0 saturated carbocycles. The van der Waals surface area contributed by atoms with E-state index in [4.69, 9.17) is 27.9 Å². The molecule has 3 rings (SSSR count). The van der Waals surface area contributed by atoms with Crippen molar-refractivity contribution in [2.75, 3.05) is 7.11 Å². The highest BCUT2D eigenvalue weighted by Gasteiger charge is 2.24.